The Morgan fingerprint density at radius 1 is 0.351 bits per heavy atom. The van der Waals surface area contributed by atoms with Crippen molar-refractivity contribution in [1.82, 2.24) is 55.2 Å². The van der Waals surface area contributed by atoms with Crippen LogP contribution in [-0.2, 0) is 66.9 Å². The van der Waals surface area contributed by atoms with Crippen LogP contribution >= 0.6 is 0 Å². The minimum Gasteiger partial charge on any atom is -0.382 e. The van der Waals surface area contributed by atoms with Gasteiger partial charge < -0.3 is 14.8 Å². The molecule has 6 heterocycles. The van der Waals surface area contributed by atoms with Crippen molar-refractivity contribution in [3.05, 3.63) is 319 Å². The molecular weight excluding hydrogens is 1810 g/mol. The lowest BCUT2D eigenvalue weighted by Gasteiger charge is -2.27. The first kappa shape index (κ1) is 145. The fraction of sp³-hybridized carbons (Fsp3) is 0.590. The van der Waals surface area contributed by atoms with Crippen LogP contribution in [0.15, 0.2) is 207 Å². The molecule has 5 aromatic carbocycles. The molecule has 4 aliphatic rings. The molecule has 4 aliphatic carbocycles. The number of ether oxygens (including phenoxy) is 2. The van der Waals surface area contributed by atoms with E-state index in [0.717, 1.165) is 127 Å². The summed E-state index contributed by atoms with van der Waals surface area (Å²) < 4.78 is 12.7. The quantitative estimate of drug-likeness (QED) is 0.0917. The molecular formula is C134H223N11O3. The molecule has 832 valence electrons. The molecule has 0 saturated heterocycles. The van der Waals surface area contributed by atoms with E-state index in [1.165, 1.54) is 226 Å². The van der Waals surface area contributed by atoms with Gasteiger partial charge in [-0.3, -0.25) is 34.1 Å². The Morgan fingerprint density at radius 3 is 1.01 bits per heavy atom. The predicted octanol–water partition coefficient (Wildman–Crippen LogP) is 37.0. The molecule has 4 atom stereocenters. The summed E-state index contributed by atoms with van der Waals surface area (Å²) in [6.45, 7) is 74.9. The van der Waals surface area contributed by atoms with Gasteiger partial charge in [0.05, 0.1) is 30.8 Å². The standard InChI is InChI=1S/C10H20.C10H14.C10H20.2C10H14.C8H16.C8H10.C8H16.C8H10.4C7H9N.C5H11NO.2C4H7N3.C4H10O2.C4H10.C3H8/c2*1-3-9-5-7-10(4-2)8-6-9;2*1-3-9-6-5-7-10(4-2)8-9;1-3-9-7-5-6-8-10(9)4-2;2*1-7-3-5-8(2)6-4-7;2*1-7-4-3-5-8(2)6-7;1-6-3-7(2)5-8-4-6;1-6-3-4-8-7(2)5-6;1-6-3-4-7(2)8-5-6;1-6-4-3-5-7(2)8-6;1-3-5(7)6-4-2;1-4-3-7(2)6-5-4;1-4-3-5-6-7(4)2;1-5-3-4-6-2;1-3-4-2;1-3-2/h9-10H,3-8H2,1-2H3;5-8H,3-4H2,1-2H3;9-10H,3-8H2,1-2H3;2*5-8H,3-4H2,1-2H3;7-8H,3-6H2,1-2H3;3-6H,1-2H3;7-8H,3-6H2,1-2H3;3-6H,1-2H3;4*3-5H,1-2H3;3-4H2,1-2H3,(H,6,7);2*3H,1-2H3;3-4H2,1-2H3;3-4H2,1-2H3;3H2,1-2H3. The van der Waals surface area contributed by atoms with Crippen LogP contribution in [0.2, 0.25) is 0 Å². The number of methoxy groups -OCH3 is 2. The number of nitrogens with zero attached hydrogens (tertiary/aromatic N) is 10. The van der Waals surface area contributed by atoms with Crippen molar-refractivity contribution in [1.29, 1.82) is 0 Å². The molecule has 4 saturated carbocycles. The number of nitrogens with one attached hydrogen (secondary N) is 1. The lowest BCUT2D eigenvalue weighted by molar-refractivity contribution is -0.120. The van der Waals surface area contributed by atoms with Gasteiger partial charge in [0, 0.05) is 95.0 Å². The minimum absolute atomic E-state index is 0.127. The molecule has 14 heteroatoms. The number of pyridine rings is 4. The second kappa shape index (κ2) is 98.1. The molecule has 0 radical (unpaired) electrons. The van der Waals surface area contributed by atoms with Gasteiger partial charge in [0.2, 0.25) is 5.91 Å². The first-order valence-corrected chi connectivity index (χ1v) is 57.5. The first-order valence-electron chi connectivity index (χ1n) is 57.5. The summed E-state index contributed by atoms with van der Waals surface area (Å²) in [5.74, 6) is 8.47. The molecule has 4 fully saturated rings. The van der Waals surface area contributed by atoms with Crippen LogP contribution in [0.3, 0.4) is 0 Å². The Morgan fingerprint density at radius 2 is 0.764 bits per heavy atom. The lowest BCUT2D eigenvalue weighted by Crippen LogP contribution is -2.20. The molecule has 1 amide bonds. The third kappa shape index (κ3) is 87.1. The summed E-state index contributed by atoms with van der Waals surface area (Å²) >= 11 is 0. The largest absolute Gasteiger partial charge is 0.382 e. The molecule has 4 unspecified atom stereocenters. The highest BCUT2D eigenvalue weighted by Crippen LogP contribution is 2.34. The van der Waals surface area contributed by atoms with Gasteiger partial charge in [0.1, 0.15) is 0 Å². The van der Waals surface area contributed by atoms with Gasteiger partial charge >= 0.3 is 0 Å². The van der Waals surface area contributed by atoms with E-state index in [1.54, 1.807) is 29.8 Å². The van der Waals surface area contributed by atoms with E-state index in [-0.39, 0.29) is 5.91 Å². The number of aryl methyl sites for hydroxylation is 22. The Labute approximate surface area is 912 Å². The summed E-state index contributed by atoms with van der Waals surface area (Å²) in [5, 5.41) is 17.4. The summed E-state index contributed by atoms with van der Waals surface area (Å²) in [6, 6.07) is 59.4. The van der Waals surface area contributed by atoms with Gasteiger partial charge in [-0.05, 0) is 289 Å². The zero-order valence-corrected chi connectivity index (χ0v) is 102. The predicted molar refractivity (Wildman–Crippen MR) is 649 cm³/mol. The highest BCUT2D eigenvalue weighted by molar-refractivity contribution is 5.75. The summed E-state index contributed by atoms with van der Waals surface area (Å²) in [5.41, 5.74) is 25.4. The van der Waals surface area contributed by atoms with Gasteiger partial charge in [-0.25, -0.2) is 0 Å². The summed E-state index contributed by atoms with van der Waals surface area (Å²) in [4.78, 5) is 26.6. The van der Waals surface area contributed by atoms with Crippen LogP contribution in [0.5, 0.6) is 0 Å². The van der Waals surface area contributed by atoms with Crippen molar-refractivity contribution in [2.45, 2.75) is 428 Å². The number of aromatic nitrogens is 10. The molecule has 0 spiro atoms. The van der Waals surface area contributed by atoms with Crippen molar-refractivity contribution < 1.29 is 14.3 Å². The summed E-state index contributed by atoms with van der Waals surface area (Å²) in [6.07, 6.45) is 51.9. The van der Waals surface area contributed by atoms with Crippen LogP contribution in [-0.4, -0.2) is 89.8 Å². The lowest BCUT2D eigenvalue weighted by atomic mass is 9.79. The number of carbonyl (C=O) groups is 1. The third-order valence-electron chi connectivity index (χ3n) is 26.1. The Hall–Kier alpha value is -9.63. The average Bonchev–Trinajstić information content (AvgIpc) is 1.23. The number of benzene rings is 5. The van der Waals surface area contributed by atoms with Crippen LogP contribution in [0.25, 0.3) is 0 Å². The third-order valence-corrected chi connectivity index (χ3v) is 26.1. The number of amides is 1. The molecule has 6 aromatic heterocycles. The Kier molecular flexibility index (Phi) is 95.9. The highest BCUT2D eigenvalue weighted by atomic mass is 16.5. The molecule has 15 rings (SSSR count). The van der Waals surface area contributed by atoms with Crippen LogP contribution < -0.4 is 5.32 Å². The monoisotopic (exact) mass is 2030 g/mol. The molecule has 11 aromatic rings. The maximum atomic E-state index is 10.3. The summed E-state index contributed by atoms with van der Waals surface area (Å²) in [7, 11) is 7.01. The SMILES string of the molecule is CC1CCC(C)CC1.CC1CCCC(C)C1.CCC.CCC1CCC(CC)CC1.CCC1CCCC(CC)C1.CCCC.CCNC(=O)CC.CCc1ccc(CC)cc1.CCc1cccc(CC)c1.CCc1ccccc1CC.COCCOC.Cc1ccc(C)cc1.Cc1ccc(C)nc1.Cc1cccc(C)c1.Cc1cccc(C)n1.Cc1ccnc(C)c1.Cc1cn(C)nn1.Cc1cncc(C)c1.Cc1cnnn1C. The highest BCUT2D eigenvalue weighted by Gasteiger charge is 2.20. The van der Waals surface area contributed by atoms with Crippen molar-refractivity contribution in [3.8, 4) is 0 Å². The van der Waals surface area contributed by atoms with Crippen LogP contribution in [0, 0.1) is 144 Å². The molecule has 1 N–H and O–H groups in total. The van der Waals surface area contributed by atoms with E-state index in [0.29, 0.717) is 19.6 Å². The van der Waals surface area contributed by atoms with Crippen molar-refractivity contribution in [2.24, 2.45) is 61.4 Å². The normalized spacial score (nSPS) is 15.9. The second-order valence-corrected chi connectivity index (χ2v) is 40.9. The maximum Gasteiger partial charge on any atom is 0.219 e. The fourth-order valence-corrected chi connectivity index (χ4v) is 16.0. The number of unbranched alkanes of at least 4 members (excludes halogenated alkanes) is 1. The van der Waals surface area contributed by atoms with E-state index in [2.05, 4.69) is 354 Å². The van der Waals surface area contributed by atoms with Gasteiger partial charge in [-0.2, -0.15) is 0 Å². The average molecular weight is 2040 g/mol. The molecule has 0 aliphatic heterocycles. The Bertz CT molecular complexity index is 4300. The first-order chi connectivity index (χ1) is 70.8. The fourth-order valence-electron chi connectivity index (χ4n) is 16.0. The number of hydrogen-bond donors (Lipinski definition) is 1. The number of hydrogen-bond acceptors (Lipinski definition) is 11. The van der Waals surface area contributed by atoms with Crippen molar-refractivity contribution >= 4 is 5.91 Å². The number of carbonyl (C=O) groups excluding carboxylic acids is 1. The minimum atomic E-state index is 0.127. The van der Waals surface area contributed by atoms with Crippen molar-refractivity contribution in [3.63, 3.8) is 0 Å². The van der Waals surface area contributed by atoms with Gasteiger partial charge in [-0.15, -0.1) is 10.2 Å². The second-order valence-electron chi connectivity index (χ2n) is 40.9. The van der Waals surface area contributed by atoms with E-state index in [1.807, 2.05) is 152 Å². The molecule has 148 heavy (non-hydrogen) atoms. The van der Waals surface area contributed by atoms with Crippen LogP contribution in [0.4, 0.5) is 0 Å². The van der Waals surface area contributed by atoms with Gasteiger partial charge in [-0.1, -0.05) is 439 Å². The van der Waals surface area contributed by atoms with E-state index < -0.39 is 0 Å². The zero-order valence-electron chi connectivity index (χ0n) is 102. The maximum absolute atomic E-state index is 10.3. The van der Waals surface area contributed by atoms with Crippen LogP contribution in [0.1, 0.15) is 405 Å². The smallest absolute Gasteiger partial charge is 0.219 e. The molecule has 14 nitrogen and oxygen atoms in total. The van der Waals surface area contributed by atoms with Crippen molar-refractivity contribution in [2.75, 3.05) is 34.0 Å². The zero-order chi connectivity index (χ0) is 112. The van der Waals surface area contributed by atoms with E-state index in [4.69, 9.17) is 0 Å². The number of rotatable bonds is 16. The van der Waals surface area contributed by atoms with Gasteiger partial charge in [0.25, 0.3) is 0 Å². The Balaban J connectivity index is -0.000000742. The van der Waals surface area contributed by atoms with Gasteiger partial charge in [0.15, 0.2) is 0 Å². The van der Waals surface area contributed by atoms with E-state index >= 15 is 0 Å². The van der Waals surface area contributed by atoms with E-state index in [9.17, 15) is 4.79 Å². The molecule has 0 bridgehead atoms. The topological polar surface area (TPSA) is 161 Å².